The van der Waals surface area contributed by atoms with E-state index in [1.165, 1.54) is 13.0 Å². The molecule has 0 aliphatic carbocycles. The van der Waals surface area contributed by atoms with Gasteiger partial charge in [-0.3, -0.25) is 28.9 Å². The fourth-order valence-electron chi connectivity index (χ4n) is 4.09. The molecule has 2 aromatic carbocycles. The zero-order valence-corrected chi connectivity index (χ0v) is 18.5. The summed E-state index contributed by atoms with van der Waals surface area (Å²) in [4.78, 5) is 62.8. The van der Waals surface area contributed by atoms with Crippen LogP contribution in [0.4, 0.5) is 0 Å². The Hall–Kier alpha value is -4.21. The number of rotatable bonds is 9. The Morgan fingerprint density at radius 1 is 1.09 bits per heavy atom. The van der Waals surface area contributed by atoms with E-state index in [2.05, 4.69) is 5.32 Å². The molecule has 2 aliphatic rings. The molecule has 0 radical (unpaired) electrons. The number of imide groups is 1. The average Bonchev–Trinajstić information content (AvgIpc) is 3.35. The molecule has 2 aliphatic heterocycles. The monoisotopic (exact) mass is 465 g/mol. The first-order valence-corrected chi connectivity index (χ1v) is 10.7. The van der Waals surface area contributed by atoms with Crippen LogP contribution in [0.25, 0.3) is 0 Å². The second-order valence-electron chi connectivity index (χ2n) is 8.09. The Morgan fingerprint density at radius 2 is 1.85 bits per heavy atom. The summed E-state index contributed by atoms with van der Waals surface area (Å²) >= 11 is 0. The molecule has 0 fully saturated rings. The molecule has 4 rings (SSSR count). The molecule has 34 heavy (non-hydrogen) atoms. The Kier molecular flexibility index (Phi) is 6.31. The quantitative estimate of drug-likeness (QED) is 0.527. The Balaban J connectivity index is 1.47. The molecule has 2 aromatic rings. The molecule has 176 valence electrons. The van der Waals surface area contributed by atoms with E-state index in [9.17, 15) is 24.0 Å². The van der Waals surface area contributed by atoms with Gasteiger partial charge in [0.1, 0.15) is 0 Å². The molecule has 10 nitrogen and oxygen atoms in total. The maximum absolute atomic E-state index is 13.2. The molecule has 1 unspecified atom stereocenters. The summed E-state index contributed by atoms with van der Waals surface area (Å²) in [6.45, 7) is 1.42. The molecule has 3 N–H and O–H groups in total. The third-order valence-corrected chi connectivity index (χ3v) is 5.76. The maximum atomic E-state index is 13.2. The predicted molar refractivity (Wildman–Crippen MR) is 118 cm³/mol. The van der Waals surface area contributed by atoms with E-state index in [0.717, 1.165) is 10.5 Å². The van der Waals surface area contributed by atoms with Crippen molar-refractivity contribution in [2.75, 3.05) is 6.79 Å². The molecule has 0 aromatic heterocycles. The van der Waals surface area contributed by atoms with Crippen LogP contribution < -0.4 is 20.5 Å². The first-order valence-electron chi connectivity index (χ1n) is 10.7. The minimum atomic E-state index is -1.09. The minimum absolute atomic E-state index is 0.0193. The van der Waals surface area contributed by atoms with E-state index >= 15 is 0 Å². The first-order chi connectivity index (χ1) is 16.3. The van der Waals surface area contributed by atoms with Crippen LogP contribution >= 0.6 is 0 Å². The highest BCUT2D eigenvalue weighted by Gasteiger charge is 2.42. The lowest BCUT2D eigenvalue weighted by Gasteiger charge is -2.23. The van der Waals surface area contributed by atoms with Crippen LogP contribution in [0.2, 0.25) is 0 Å². The molecular formula is C24H23N3O7. The zero-order chi connectivity index (χ0) is 24.4. The fourth-order valence-corrected chi connectivity index (χ4v) is 4.09. The molecule has 1 atom stereocenters. The van der Waals surface area contributed by atoms with Crippen LogP contribution in [0, 0.1) is 0 Å². The van der Waals surface area contributed by atoms with Gasteiger partial charge in [0.25, 0.3) is 11.8 Å². The largest absolute Gasteiger partial charge is 0.454 e. The van der Waals surface area contributed by atoms with Crippen molar-refractivity contribution in [1.82, 2.24) is 10.2 Å². The van der Waals surface area contributed by atoms with Crippen molar-refractivity contribution in [2.45, 2.75) is 38.8 Å². The van der Waals surface area contributed by atoms with Crippen molar-refractivity contribution in [3.8, 4) is 11.5 Å². The maximum Gasteiger partial charge on any atom is 0.262 e. The third-order valence-electron chi connectivity index (χ3n) is 5.76. The van der Waals surface area contributed by atoms with Crippen LogP contribution in [0.3, 0.4) is 0 Å². The van der Waals surface area contributed by atoms with Crippen molar-refractivity contribution in [1.29, 1.82) is 0 Å². The lowest BCUT2D eigenvalue weighted by atomic mass is 10.0. The third kappa shape index (κ3) is 4.47. The Morgan fingerprint density at radius 3 is 2.59 bits per heavy atom. The summed E-state index contributed by atoms with van der Waals surface area (Å²) in [6.07, 6.45) is -0.0949. The summed E-state index contributed by atoms with van der Waals surface area (Å²) in [5, 5.41) is 2.77. The minimum Gasteiger partial charge on any atom is -0.454 e. The topological polar surface area (TPSA) is 145 Å². The second kappa shape index (κ2) is 9.34. The van der Waals surface area contributed by atoms with E-state index in [-0.39, 0.29) is 49.6 Å². The number of Topliss-reactive ketones (excluding diaryl/α,β-unsaturated/α-hetero) is 1. The number of benzene rings is 2. The van der Waals surface area contributed by atoms with Gasteiger partial charge < -0.3 is 20.5 Å². The second-order valence-corrected chi connectivity index (χ2v) is 8.09. The van der Waals surface area contributed by atoms with E-state index in [4.69, 9.17) is 15.2 Å². The average molecular weight is 465 g/mol. The number of amides is 4. The van der Waals surface area contributed by atoms with E-state index in [1.54, 1.807) is 30.3 Å². The number of ketones is 1. The summed E-state index contributed by atoms with van der Waals surface area (Å²) in [5.74, 6) is -1.39. The van der Waals surface area contributed by atoms with Crippen molar-refractivity contribution in [3.63, 3.8) is 0 Å². The molecule has 2 heterocycles. The van der Waals surface area contributed by atoms with Gasteiger partial charge in [-0.2, -0.15) is 0 Å². The van der Waals surface area contributed by atoms with Crippen molar-refractivity contribution >= 4 is 29.4 Å². The summed E-state index contributed by atoms with van der Waals surface area (Å²) in [6, 6.07) is 8.89. The normalized spacial score (nSPS) is 14.7. The lowest BCUT2D eigenvalue weighted by Crippen LogP contribution is -2.44. The molecule has 4 amide bonds. The summed E-state index contributed by atoms with van der Waals surface area (Å²) in [5.41, 5.74) is 6.65. The van der Waals surface area contributed by atoms with Crippen LogP contribution in [-0.4, -0.2) is 47.1 Å². The molecule has 0 saturated heterocycles. The summed E-state index contributed by atoms with van der Waals surface area (Å²) < 4.78 is 10.6. The Labute approximate surface area is 195 Å². The van der Waals surface area contributed by atoms with Crippen LogP contribution in [0.1, 0.15) is 51.6 Å². The smallest absolute Gasteiger partial charge is 0.262 e. The van der Waals surface area contributed by atoms with E-state index in [0.29, 0.717) is 17.1 Å². The van der Waals surface area contributed by atoms with Gasteiger partial charge >= 0.3 is 0 Å². The van der Waals surface area contributed by atoms with Crippen molar-refractivity contribution in [2.24, 2.45) is 5.73 Å². The van der Waals surface area contributed by atoms with E-state index < -0.39 is 29.5 Å². The van der Waals surface area contributed by atoms with Gasteiger partial charge in [-0.15, -0.1) is 0 Å². The van der Waals surface area contributed by atoms with Crippen molar-refractivity contribution in [3.05, 3.63) is 58.7 Å². The SMILES string of the molecule is CC(=O)C(CCC(N)=O)N1C(=O)c2cccc(CNC(=O)Cc3ccc4c(c3)OCO4)c2C1=O. The highest BCUT2D eigenvalue weighted by atomic mass is 16.7. The number of hydrogen-bond donors (Lipinski definition) is 2. The number of nitrogens with two attached hydrogens (primary N) is 1. The highest BCUT2D eigenvalue weighted by Crippen LogP contribution is 2.33. The standard InChI is InChI=1S/C24H23N3O7/c1-13(28)17(6-8-20(25)29)27-23(31)16-4-2-3-15(22(16)24(27)32)11-26-21(30)10-14-5-7-18-19(9-14)34-12-33-18/h2-5,7,9,17H,6,8,10-12H2,1H3,(H2,25,29)(H,26,30). The molecule has 0 bridgehead atoms. The highest BCUT2D eigenvalue weighted by molar-refractivity contribution is 6.23. The molecule has 0 spiro atoms. The Bertz CT molecular complexity index is 1210. The van der Waals surface area contributed by atoms with Crippen LogP contribution in [-0.2, 0) is 27.3 Å². The number of fused-ring (bicyclic) bond motifs is 2. The van der Waals surface area contributed by atoms with E-state index in [1.807, 2.05) is 0 Å². The molecular weight excluding hydrogens is 442 g/mol. The number of carbonyl (C=O) groups is 5. The number of primary amides is 1. The fraction of sp³-hybridized carbons (Fsp3) is 0.292. The first kappa shape index (κ1) is 23.0. The number of nitrogens with one attached hydrogen (secondary N) is 1. The lowest BCUT2D eigenvalue weighted by molar-refractivity contribution is -0.122. The number of ether oxygens (including phenoxy) is 2. The number of nitrogens with zero attached hydrogens (tertiary/aromatic N) is 1. The van der Waals surface area contributed by atoms with Gasteiger partial charge in [0.05, 0.1) is 23.6 Å². The molecule has 10 heteroatoms. The van der Waals surface area contributed by atoms with Crippen LogP contribution in [0.5, 0.6) is 11.5 Å². The van der Waals surface area contributed by atoms with Gasteiger partial charge in [0.2, 0.25) is 18.6 Å². The number of hydrogen-bond acceptors (Lipinski definition) is 7. The van der Waals surface area contributed by atoms with Gasteiger partial charge in [-0.05, 0) is 42.7 Å². The number of carbonyl (C=O) groups excluding carboxylic acids is 5. The predicted octanol–water partition coefficient (Wildman–Crippen LogP) is 1.09. The van der Waals surface area contributed by atoms with Crippen molar-refractivity contribution < 1.29 is 33.4 Å². The van der Waals surface area contributed by atoms with Gasteiger partial charge in [-0.25, -0.2) is 0 Å². The molecule has 0 saturated carbocycles. The zero-order valence-electron chi connectivity index (χ0n) is 18.5. The van der Waals surface area contributed by atoms with Crippen LogP contribution in [0.15, 0.2) is 36.4 Å². The van der Waals surface area contributed by atoms with Gasteiger partial charge in [0.15, 0.2) is 17.3 Å². The van der Waals surface area contributed by atoms with Gasteiger partial charge in [-0.1, -0.05) is 18.2 Å². The summed E-state index contributed by atoms with van der Waals surface area (Å²) in [7, 11) is 0. The van der Waals surface area contributed by atoms with Gasteiger partial charge in [0, 0.05) is 13.0 Å².